The van der Waals surface area contributed by atoms with Crippen LogP contribution >= 0.6 is 0 Å². The zero-order valence-corrected chi connectivity index (χ0v) is 29.7. The molecule has 0 spiro atoms. The number of nitrogen functional groups attached to an aromatic ring is 1. The molecule has 3 aromatic carbocycles. The molecular formula is C37H48N4O5Si. The maximum absolute atomic E-state index is 13.0. The van der Waals surface area contributed by atoms with Crippen LogP contribution in [0, 0.1) is 0 Å². The third kappa shape index (κ3) is 6.54. The number of carbonyl (C=O) groups is 1. The third-order valence-corrected chi connectivity index (χ3v) is 14.1. The van der Waals surface area contributed by atoms with Gasteiger partial charge in [-0.2, -0.15) is 5.10 Å². The summed E-state index contributed by atoms with van der Waals surface area (Å²) in [5, 5.41) is 28.9. The molecule has 0 amide bonds. The van der Waals surface area contributed by atoms with Crippen molar-refractivity contribution in [2.24, 2.45) is 7.05 Å². The highest BCUT2D eigenvalue weighted by Crippen LogP contribution is 2.42. The highest BCUT2D eigenvalue weighted by Gasteiger charge is 2.38. The first kappa shape index (κ1) is 34.2. The quantitative estimate of drug-likeness (QED) is 0.0668. The number of fused-ring (bicyclic) bond motifs is 2. The molecule has 5 rings (SSSR count). The molecule has 10 heteroatoms. The van der Waals surface area contributed by atoms with E-state index in [0.717, 1.165) is 45.0 Å². The Balaban J connectivity index is 1.59. The molecule has 9 nitrogen and oxygen atoms in total. The lowest BCUT2D eigenvalue weighted by Crippen LogP contribution is -2.40. The van der Waals surface area contributed by atoms with Crippen LogP contribution in [0.25, 0.3) is 32.8 Å². The number of aryl methyl sites for hydroxylation is 3. The van der Waals surface area contributed by atoms with Gasteiger partial charge in [0.1, 0.15) is 11.4 Å². The smallest absolute Gasteiger partial charge is 0.352 e. The number of ether oxygens (including phenoxy) is 1. The summed E-state index contributed by atoms with van der Waals surface area (Å²) >= 11 is 0. The van der Waals surface area contributed by atoms with Crippen molar-refractivity contribution in [3.8, 4) is 16.9 Å². The second-order valence-electron chi connectivity index (χ2n) is 13.7. The van der Waals surface area contributed by atoms with Gasteiger partial charge < -0.3 is 29.7 Å². The average Bonchev–Trinajstić information content (AvgIpc) is 3.52. The fourth-order valence-electron chi connectivity index (χ4n) is 6.17. The maximum atomic E-state index is 13.0. The molecule has 5 aromatic rings. The number of aromatic nitrogens is 3. The summed E-state index contributed by atoms with van der Waals surface area (Å²) in [4.78, 5) is 13.0. The number of anilines is 1. The fourth-order valence-corrected chi connectivity index (χ4v) is 7.10. The topological polar surface area (TPSA) is 125 Å². The molecule has 0 aliphatic rings. The number of benzene rings is 3. The van der Waals surface area contributed by atoms with Gasteiger partial charge in [-0.3, -0.25) is 4.68 Å². The van der Waals surface area contributed by atoms with E-state index in [9.17, 15) is 15.0 Å². The molecule has 2 aromatic heterocycles. The molecular weight excluding hydrogens is 609 g/mol. The van der Waals surface area contributed by atoms with Crippen LogP contribution in [0.4, 0.5) is 5.69 Å². The standard InChI is InChI=1S/C37H48N4O5Si/c1-8-20-41-34-27(33-29(39-40(5)30(33)22-42)23-46-47(6,7)37(2,3)4)18-19-28(38)32(34)26(35(41)36(43)44)16-12-21-45-31-17-11-14-24-13-9-10-15-25(24)31/h9-11,13-15,17-19,42H,8,12,16,20-23,38H2,1-7H3,(H,43,44). The number of carboxylic acid groups (broad SMARTS) is 1. The second-order valence-corrected chi connectivity index (χ2v) is 18.5. The van der Waals surface area contributed by atoms with Crippen LogP contribution < -0.4 is 10.5 Å². The lowest BCUT2D eigenvalue weighted by molar-refractivity contribution is 0.0684. The monoisotopic (exact) mass is 656 g/mol. The van der Waals surface area contributed by atoms with Crippen molar-refractivity contribution in [1.29, 1.82) is 0 Å². The molecule has 0 saturated carbocycles. The van der Waals surface area contributed by atoms with Gasteiger partial charge in [0.25, 0.3) is 0 Å². The Labute approximate surface area is 278 Å². The molecule has 0 radical (unpaired) electrons. The molecule has 0 unspecified atom stereocenters. The highest BCUT2D eigenvalue weighted by molar-refractivity contribution is 6.74. The summed E-state index contributed by atoms with van der Waals surface area (Å²) in [6.07, 6.45) is 1.79. The predicted octanol–water partition coefficient (Wildman–Crippen LogP) is 7.91. The van der Waals surface area contributed by atoms with Crippen molar-refractivity contribution in [2.75, 3.05) is 12.3 Å². The van der Waals surface area contributed by atoms with Crippen molar-refractivity contribution >= 4 is 41.6 Å². The van der Waals surface area contributed by atoms with Crippen molar-refractivity contribution in [2.45, 2.75) is 84.8 Å². The van der Waals surface area contributed by atoms with Crippen LogP contribution in [0.1, 0.15) is 68.0 Å². The number of carboxylic acids is 1. The van der Waals surface area contributed by atoms with Gasteiger partial charge in [-0.25, -0.2) is 4.79 Å². The van der Waals surface area contributed by atoms with Crippen molar-refractivity contribution in [3.05, 3.63) is 77.2 Å². The summed E-state index contributed by atoms with van der Waals surface area (Å²) in [5.74, 6) is -0.197. The normalized spacial score (nSPS) is 12.3. The number of rotatable bonds is 13. The van der Waals surface area contributed by atoms with Crippen LogP contribution in [0.15, 0.2) is 54.6 Å². The molecule has 0 fully saturated rings. The third-order valence-electron chi connectivity index (χ3n) is 9.60. The summed E-state index contributed by atoms with van der Waals surface area (Å²) in [7, 11) is -0.307. The van der Waals surface area contributed by atoms with Crippen LogP contribution in [0.5, 0.6) is 5.75 Å². The Morgan fingerprint density at radius 3 is 2.47 bits per heavy atom. The van der Waals surface area contributed by atoms with E-state index in [2.05, 4.69) is 46.0 Å². The first-order valence-electron chi connectivity index (χ1n) is 16.4. The van der Waals surface area contributed by atoms with Gasteiger partial charge in [0.05, 0.1) is 36.7 Å². The van der Waals surface area contributed by atoms with Crippen molar-refractivity contribution in [1.82, 2.24) is 14.3 Å². The molecule has 250 valence electrons. The molecule has 0 aliphatic carbocycles. The fraction of sp³-hybridized carbons (Fsp3) is 0.405. The van der Waals surface area contributed by atoms with E-state index in [1.165, 1.54) is 0 Å². The minimum atomic E-state index is -2.12. The summed E-state index contributed by atoms with van der Waals surface area (Å²) in [6, 6.07) is 17.8. The van der Waals surface area contributed by atoms with Crippen LogP contribution in [-0.2, 0) is 37.7 Å². The Morgan fingerprint density at radius 1 is 1.06 bits per heavy atom. The zero-order valence-electron chi connectivity index (χ0n) is 28.7. The van der Waals surface area contributed by atoms with Crippen LogP contribution in [0.3, 0.4) is 0 Å². The van der Waals surface area contributed by atoms with Crippen LogP contribution in [0.2, 0.25) is 18.1 Å². The molecule has 0 bridgehead atoms. The van der Waals surface area contributed by atoms with Crippen molar-refractivity contribution < 1.29 is 24.2 Å². The Hall–Kier alpha value is -4.12. The molecule has 0 atom stereocenters. The zero-order chi connectivity index (χ0) is 34.1. The molecule has 0 aliphatic heterocycles. The average molecular weight is 657 g/mol. The number of aliphatic hydroxyl groups excluding tert-OH is 1. The largest absolute Gasteiger partial charge is 0.493 e. The first-order valence-corrected chi connectivity index (χ1v) is 19.3. The maximum Gasteiger partial charge on any atom is 0.352 e. The minimum Gasteiger partial charge on any atom is -0.493 e. The first-order chi connectivity index (χ1) is 22.3. The SMILES string of the molecule is CCCn1c(C(=O)O)c(CCCOc2cccc3ccccc23)c2c(N)ccc(-c3c(CO[Si](C)(C)C(C)(C)C)nn(C)c3CO)c21. The summed E-state index contributed by atoms with van der Waals surface area (Å²) < 4.78 is 16.4. The number of hydrogen-bond acceptors (Lipinski definition) is 6. The van der Waals surface area contributed by atoms with E-state index >= 15 is 0 Å². The Morgan fingerprint density at radius 2 is 1.79 bits per heavy atom. The van der Waals surface area contributed by atoms with Gasteiger partial charge in [0.15, 0.2) is 8.32 Å². The van der Waals surface area contributed by atoms with E-state index in [0.29, 0.717) is 48.6 Å². The highest BCUT2D eigenvalue weighted by atomic mass is 28.4. The van der Waals surface area contributed by atoms with E-state index in [1.54, 1.807) is 4.68 Å². The summed E-state index contributed by atoms with van der Waals surface area (Å²) in [6.45, 7) is 14.0. The van der Waals surface area contributed by atoms with Gasteiger partial charge in [0, 0.05) is 41.2 Å². The molecule has 4 N–H and O–H groups in total. The van der Waals surface area contributed by atoms with Gasteiger partial charge in [-0.1, -0.05) is 70.2 Å². The number of aromatic carboxylic acids is 1. The van der Waals surface area contributed by atoms with E-state index in [1.807, 2.05) is 61.0 Å². The van der Waals surface area contributed by atoms with Gasteiger partial charge in [-0.15, -0.1) is 0 Å². The lowest BCUT2D eigenvalue weighted by atomic mass is 9.97. The van der Waals surface area contributed by atoms with Gasteiger partial charge in [0.2, 0.25) is 0 Å². The number of nitrogens with zero attached hydrogens (tertiary/aromatic N) is 3. The minimum absolute atomic E-state index is 0.00859. The van der Waals surface area contributed by atoms with E-state index < -0.39 is 14.3 Å². The summed E-state index contributed by atoms with van der Waals surface area (Å²) in [5.41, 5.74) is 11.8. The number of aliphatic hydroxyl groups is 1. The Bertz CT molecular complexity index is 1910. The molecule has 47 heavy (non-hydrogen) atoms. The lowest BCUT2D eigenvalue weighted by Gasteiger charge is -2.36. The van der Waals surface area contributed by atoms with Gasteiger partial charge >= 0.3 is 5.97 Å². The van der Waals surface area contributed by atoms with Crippen molar-refractivity contribution in [3.63, 3.8) is 0 Å². The Kier molecular flexibility index (Phi) is 9.86. The number of nitrogens with two attached hydrogens (primary N) is 1. The van der Waals surface area contributed by atoms with Crippen LogP contribution in [-0.4, -0.2) is 45.5 Å². The van der Waals surface area contributed by atoms with E-state index in [-0.39, 0.29) is 23.9 Å². The second kappa shape index (κ2) is 13.5. The molecule has 2 heterocycles. The van der Waals surface area contributed by atoms with Gasteiger partial charge in [-0.05, 0) is 60.5 Å². The predicted molar refractivity (Wildman–Crippen MR) is 191 cm³/mol. The molecule has 0 saturated heterocycles. The van der Waals surface area contributed by atoms with E-state index in [4.69, 9.17) is 20.0 Å². The number of hydrogen-bond donors (Lipinski definition) is 3.